The van der Waals surface area contributed by atoms with Crippen molar-refractivity contribution >= 4 is 11.9 Å². The molecular formula is C43H59N3O2+2. The molecule has 2 heterocycles. The van der Waals surface area contributed by atoms with Crippen molar-refractivity contribution in [1.82, 2.24) is 0 Å². The van der Waals surface area contributed by atoms with Gasteiger partial charge in [-0.25, -0.2) is 9.13 Å². The summed E-state index contributed by atoms with van der Waals surface area (Å²) >= 11 is 0. The number of ether oxygens (including phenoxy) is 2. The average molecular weight is 650 g/mol. The first kappa shape index (κ1) is 36.8. The first-order valence-electron chi connectivity index (χ1n) is 18.7. The van der Waals surface area contributed by atoms with Gasteiger partial charge in [0, 0.05) is 43.3 Å². The van der Waals surface area contributed by atoms with Crippen molar-refractivity contribution in [3.05, 3.63) is 115 Å². The van der Waals surface area contributed by atoms with Gasteiger partial charge in [0.05, 0.1) is 18.9 Å². The predicted molar refractivity (Wildman–Crippen MR) is 198 cm³/mol. The summed E-state index contributed by atoms with van der Waals surface area (Å²) in [4.78, 5) is 4.64. The summed E-state index contributed by atoms with van der Waals surface area (Å²) in [5.41, 5.74) is 1.99. The highest BCUT2D eigenvalue weighted by molar-refractivity contribution is 5.82. The third kappa shape index (κ3) is 16.7. The van der Waals surface area contributed by atoms with Gasteiger partial charge in [0.2, 0.25) is 0 Å². The van der Waals surface area contributed by atoms with E-state index in [1.807, 2.05) is 42.6 Å². The van der Waals surface area contributed by atoms with E-state index in [1.165, 1.54) is 89.9 Å². The van der Waals surface area contributed by atoms with Crippen LogP contribution in [0.25, 0.3) is 0 Å². The van der Waals surface area contributed by atoms with Crippen LogP contribution in [0.3, 0.4) is 0 Å². The zero-order chi connectivity index (χ0) is 33.2. The molecule has 0 unspecified atom stereocenters. The normalized spacial score (nSPS) is 11.2. The lowest BCUT2D eigenvalue weighted by Crippen LogP contribution is -2.32. The first-order valence-corrected chi connectivity index (χ1v) is 18.7. The molecular weight excluding hydrogens is 590 g/mol. The fourth-order valence-corrected chi connectivity index (χ4v) is 5.89. The van der Waals surface area contributed by atoms with Crippen LogP contribution in [0.5, 0.6) is 11.5 Å². The smallest absolute Gasteiger partial charge is 0.168 e. The summed E-state index contributed by atoms with van der Waals surface area (Å²) in [7, 11) is 0. The monoisotopic (exact) mass is 649 g/mol. The molecule has 0 bridgehead atoms. The third-order valence-corrected chi connectivity index (χ3v) is 8.79. The van der Waals surface area contributed by atoms with E-state index >= 15 is 0 Å². The molecule has 2 aromatic heterocycles. The summed E-state index contributed by atoms with van der Waals surface area (Å²) in [6.45, 7) is 3.83. The molecule has 0 fully saturated rings. The van der Waals surface area contributed by atoms with Crippen LogP contribution >= 0.6 is 0 Å². The molecule has 0 atom stereocenters. The molecule has 0 aliphatic heterocycles. The van der Waals surface area contributed by atoms with E-state index in [4.69, 9.17) is 9.47 Å². The Hall–Kier alpha value is -3.99. The third-order valence-electron chi connectivity index (χ3n) is 8.79. The Morgan fingerprint density at radius 1 is 0.417 bits per heavy atom. The SMILES string of the molecule is C(=Nc1ccc(OCCCCCCCCCC[n+]2ccccc2)cc1)c1ccc(OCCCCCCCCCC[n+]2ccccc2)cc1. The Morgan fingerprint density at radius 2 is 0.792 bits per heavy atom. The second-order valence-electron chi connectivity index (χ2n) is 12.9. The minimum absolute atomic E-state index is 0.778. The molecule has 0 saturated carbocycles. The summed E-state index contributed by atoms with van der Waals surface area (Å²) in [6.07, 6.45) is 31.0. The molecule has 4 rings (SSSR count). The Kier molecular flexibility index (Phi) is 18.6. The molecule has 0 radical (unpaired) electrons. The van der Waals surface area contributed by atoms with Gasteiger partial charge in [-0.05, 0) is 79.8 Å². The zero-order valence-electron chi connectivity index (χ0n) is 29.3. The van der Waals surface area contributed by atoms with Gasteiger partial charge in [-0.2, -0.15) is 0 Å². The second kappa shape index (κ2) is 24.2. The molecule has 0 aliphatic rings. The maximum absolute atomic E-state index is 5.97. The minimum atomic E-state index is 0.778. The van der Waals surface area contributed by atoms with E-state index in [1.54, 1.807) is 0 Å². The second-order valence-corrected chi connectivity index (χ2v) is 12.9. The molecule has 256 valence electrons. The Morgan fingerprint density at radius 3 is 1.23 bits per heavy atom. The molecule has 4 aromatic rings. The van der Waals surface area contributed by atoms with Crippen molar-refractivity contribution in [3.63, 3.8) is 0 Å². The van der Waals surface area contributed by atoms with Gasteiger partial charge in [0.15, 0.2) is 24.8 Å². The molecule has 5 nitrogen and oxygen atoms in total. The summed E-state index contributed by atoms with van der Waals surface area (Å²) in [5.74, 6) is 1.85. The number of nitrogens with zero attached hydrogens (tertiary/aromatic N) is 3. The first-order chi connectivity index (χ1) is 23.8. The van der Waals surface area contributed by atoms with Gasteiger partial charge in [-0.1, -0.05) is 76.3 Å². The summed E-state index contributed by atoms with van der Waals surface area (Å²) in [6, 6.07) is 28.8. The molecule has 0 spiro atoms. The van der Waals surface area contributed by atoms with E-state index < -0.39 is 0 Å². The quantitative estimate of drug-likeness (QED) is 0.0386. The van der Waals surface area contributed by atoms with Crippen LogP contribution in [0.2, 0.25) is 0 Å². The highest BCUT2D eigenvalue weighted by Gasteiger charge is 2.01. The number of benzene rings is 2. The van der Waals surface area contributed by atoms with Crippen LogP contribution in [-0.2, 0) is 13.1 Å². The number of aryl methyl sites for hydroxylation is 2. The standard InChI is InChI=1S/C43H59N3O2/c1(5-9-15-31-45-33-17-13-18-34-45)3-7-11-21-37-47-42-27-23-40(24-28-42)39-44-41-25-29-43(30-26-41)48-38-22-12-8-4-2-6-10-16-32-46-35-19-14-20-36-46/h13-14,17-20,23-30,33-36,39H,1-12,15-16,21-22,31-32,37-38H2/q+2. The lowest BCUT2D eigenvalue weighted by atomic mass is 10.1. The maximum atomic E-state index is 5.97. The number of hydrogen-bond donors (Lipinski definition) is 0. The highest BCUT2D eigenvalue weighted by atomic mass is 16.5. The number of rotatable bonds is 26. The number of hydrogen-bond acceptors (Lipinski definition) is 3. The van der Waals surface area contributed by atoms with Crippen molar-refractivity contribution in [2.24, 2.45) is 4.99 Å². The molecule has 0 aliphatic carbocycles. The van der Waals surface area contributed by atoms with Gasteiger partial charge in [-0.15, -0.1) is 0 Å². The van der Waals surface area contributed by atoms with Crippen molar-refractivity contribution in [3.8, 4) is 11.5 Å². The number of aliphatic imine (C=N–C) groups is 1. The van der Waals surface area contributed by atoms with Crippen LogP contribution in [0.15, 0.2) is 115 Å². The molecule has 0 saturated heterocycles. The van der Waals surface area contributed by atoms with Crippen molar-refractivity contribution in [2.45, 2.75) is 116 Å². The number of pyridine rings is 2. The van der Waals surface area contributed by atoms with E-state index in [2.05, 4.69) is 87.4 Å². The largest absolute Gasteiger partial charge is 0.494 e. The summed E-state index contributed by atoms with van der Waals surface area (Å²) in [5, 5.41) is 0. The topological polar surface area (TPSA) is 38.6 Å². The van der Waals surface area contributed by atoms with Crippen LogP contribution in [0.4, 0.5) is 5.69 Å². The molecule has 2 aromatic carbocycles. The van der Waals surface area contributed by atoms with Gasteiger partial charge < -0.3 is 9.47 Å². The van der Waals surface area contributed by atoms with Crippen LogP contribution in [0, 0.1) is 0 Å². The van der Waals surface area contributed by atoms with Crippen molar-refractivity contribution in [2.75, 3.05) is 13.2 Å². The van der Waals surface area contributed by atoms with Gasteiger partial charge in [-0.3, -0.25) is 4.99 Å². The van der Waals surface area contributed by atoms with Crippen LogP contribution < -0.4 is 18.6 Å². The summed E-state index contributed by atoms with van der Waals surface area (Å²) < 4.78 is 16.5. The molecule has 0 amide bonds. The van der Waals surface area contributed by atoms with E-state index in [0.717, 1.165) is 61.9 Å². The van der Waals surface area contributed by atoms with Gasteiger partial charge in [0.25, 0.3) is 0 Å². The van der Waals surface area contributed by atoms with Crippen molar-refractivity contribution in [1.29, 1.82) is 0 Å². The van der Waals surface area contributed by atoms with E-state index in [-0.39, 0.29) is 0 Å². The zero-order valence-corrected chi connectivity index (χ0v) is 29.3. The average Bonchev–Trinajstić information content (AvgIpc) is 3.14. The van der Waals surface area contributed by atoms with Crippen LogP contribution in [0.1, 0.15) is 108 Å². The van der Waals surface area contributed by atoms with Gasteiger partial charge in [0.1, 0.15) is 24.6 Å². The predicted octanol–water partition coefficient (Wildman–Crippen LogP) is 10.4. The van der Waals surface area contributed by atoms with E-state index in [9.17, 15) is 0 Å². The molecule has 48 heavy (non-hydrogen) atoms. The number of aromatic nitrogens is 2. The van der Waals surface area contributed by atoms with E-state index in [0.29, 0.717) is 0 Å². The molecule has 5 heteroatoms. The highest BCUT2D eigenvalue weighted by Crippen LogP contribution is 2.19. The lowest BCUT2D eigenvalue weighted by molar-refractivity contribution is -0.697. The maximum Gasteiger partial charge on any atom is 0.168 e. The van der Waals surface area contributed by atoms with Crippen molar-refractivity contribution < 1.29 is 18.6 Å². The minimum Gasteiger partial charge on any atom is -0.494 e. The Balaban J connectivity index is 0.948. The lowest BCUT2D eigenvalue weighted by Gasteiger charge is -2.07. The fourth-order valence-electron chi connectivity index (χ4n) is 5.89. The Labute approximate surface area is 290 Å². The fraction of sp³-hybridized carbons (Fsp3) is 0.465. The van der Waals surface area contributed by atoms with Gasteiger partial charge >= 0.3 is 0 Å². The molecule has 0 N–H and O–H groups in total. The Bertz CT molecular complexity index is 1250. The van der Waals surface area contributed by atoms with Crippen LogP contribution in [-0.4, -0.2) is 19.4 Å². The number of unbranched alkanes of at least 4 members (excludes halogenated alkanes) is 14.